The second-order valence-corrected chi connectivity index (χ2v) is 8.28. The Kier molecular flexibility index (Phi) is 9.32. The lowest BCUT2D eigenvalue weighted by atomic mass is 9.72. The van der Waals surface area contributed by atoms with Gasteiger partial charge in [0.1, 0.15) is 5.75 Å². The number of hydrogen-bond donors (Lipinski definition) is 0. The fraction of sp³-hybridized carbons (Fsp3) is 0.609. The number of rotatable bonds is 7. The van der Waals surface area contributed by atoms with E-state index in [0.717, 1.165) is 25.3 Å². The average molecular weight is 440 g/mol. The van der Waals surface area contributed by atoms with Crippen LogP contribution in [0.5, 0.6) is 5.75 Å². The van der Waals surface area contributed by atoms with Crippen LogP contribution in [0.1, 0.15) is 56.6 Å². The van der Waals surface area contributed by atoms with E-state index in [1.807, 2.05) is 18.7 Å². The van der Waals surface area contributed by atoms with E-state index in [0.29, 0.717) is 5.54 Å². The maximum atomic E-state index is 6.02. The van der Waals surface area contributed by atoms with Crippen LogP contribution in [-0.2, 0) is 19.4 Å². The molecule has 2 aromatic rings. The van der Waals surface area contributed by atoms with Gasteiger partial charge >= 0.3 is 0 Å². The Morgan fingerprint density at radius 2 is 2.00 bits per heavy atom. The minimum Gasteiger partial charge on any atom is -0.494 e. The molecule has 2 aliphatic rings. The highest BCUT2D eigenvalue weighted by molar-refractivity contribution is 5.85. The first-order chi connectivity index (χ1) is 13.3. The Bertz CT molecular complexity index is 736. The van der Waals surface area contributed by atoms with Crippen molar-refractivity contribution in [3.63, 3.8) is 0 Å². The number of piperidine rings is 1. The zero-order valence-corrected chi connectivity index (χ0v) is 19.1. The lowest BCUT2D eigenvalue weighted by Gasteiger charge is -2.50. The molecule has 0 bridgehead atoms. The third-order valence-corrected chi connectivity index (χ3v) is 6.43. The van der Waals surface area contributed by atoms with Gasteiger partial charge in [0.2, 0.25) is 0 Å². The lowest BCUT2D eigenvalue weighted by molar-refractivity contribution is 0.0340. The number of aromatic nitrogens is 2. The number of hydrogen-bond acceptors (Lipinski definition) is 3. The molecule has 1 atom stereocenters. The SMILES string of the molecule is CCCN1CCCCC12CCc1cc(OCCCn3ccnc3)ccc1C2.Cl.Cl. The number of halogens is 2. The summed E-state index contributed by atoms with van der Waals surface area (Å²) in [6.45, 7) is 6.58. The maximum Gasteiger partial charge on any atom is 0.119 e. The summed E-state index contributed by atoms with van der Waals surface area (Å²) in [6.07, 6.45) is 15.8. The van der Waals surface area contributed by atoms with E-state index in [2.05, 4.69) is 39.6 Å². The van der Waals surface area contributed by atoms with Gasteiger partial charge < -0.3 is 9.30 Å². The molecule has 1 unspecified atom stereocenters. The number of ether oxygens (including phenoxy) is 1. The summed E-state index contributed by atoms with van der Waals surface area (Å²) in [5, 5.41) is 0. The highest BCUT2D eigenvalue weighted by Crippen LogP contribution is 2.40. The molecule has 1 fully saturated rings. The lowest BCUT2D eigenvalue weighted by Crippen LogP contribution is -2.55. The van der Waals surface area contributed by atoms with E-state index in [9.17, 15) is 0 Å². The molecule has 4 nitrogen and oxygen atoms in total. The normalized spacial score (nSPS) is 21.1. The van der Waals surface area contributed by atoms with Crippen molar-refractivity contribution in [2.45, 2.75) is 70.4 Å². The Balaban J connectivity index is 0.00000150. The van der Waals surface area contributed by atoms with Gasteiger partial charge in [-0.15, -0.1) is 24.8 Å². The van der Waals surface area contributed by atoms with Gasteiger partial charge in [-0.2, -0.15) is 0 Å². The van der Waals surface area contributed by atoms with Crippen LogP contribution in [0, 0.1) is 0 Å². The third kappa shape index (κ3) is 5.68. The molecular formula is C23H35Cl2N3O. The summed E-state index contributed by atoms with van der Waals surface area (Å²) in [5.74, 6) is 1.03. The molecule has 6 heteroatoms. The summed E-state index contributed by atoms with van der Waals surface area (Å²) in [5.41, 5.74) is 3.49. The number of aryl methyl sites for hydroxylation is 2. The van der Waals surface area contributed by atoms with Crippen molar-refractivity contribution in [1.82, 2.24) is 14.5 Å². The number of imidazole rings is 1. The van der Waals surface area contributed by atoms with Gasteiger partial charge in [-0.05, 0) is 81.3 Å². The second kappa shape index (κ2) is 11.2. The molecule has 1 aliphatic heterocycles. The van der Waals surface area contributed by atoms with E-state index in [-0.39, 0.29) is 24.8 Å². The summed E-state index contributed by atoms with van der Waals surface area (Å²) in [6, 6.07) is 6.81. The largest absolute Gasteiger partial charge is 0.494 e. The molecule has 1 aromatic carbocycles. The molecular weight excluding hydrogens is 405 g/mol. The number of likely N-dealkylation sites (tertiary alicyclic amines) is 1. The van der Waals surface area contributed by atoms with Crippen molar-refractivity contribution in [3.05, 3.63) is 48.0 Å². The van der Waals surface area contributed by atoms with Gasteiger partial charge in [-0.25, -0.2) is 4.98 Å². The fourth-order valence-electron chi connectivity index (χ4n) is 5.02. The van der Waals surface area contributed by atoms with Crippen LogP contribution in [0.3, 0.4) is 0 Å². The van der Waals surface area contributed by atoms with Crippen LogP contribution in [0.15, 0.2) is 36.9 Å². The van der Waals surface area contributed by atoms with Crippen molar-refractivity contribution in [3.8, 4) is 5.75 Å². The smallest absolute Gasteiger partial charge is 0.119 e. The van der Waals surface area contributed by atoms with Crippen molar-refractivity contribution in [2.75, 3.05) is 19.7 Å². The summed E-state index contributed by atoms with van der Waals surface area (Å²) >= 11 is 0. The third-order valence-electron chi connectivity index (χ3n) is 6.43. The Morgan fingerprint density at radius 3 is 2.79 bits per heavy atom. The van der Waals surface area contributed by atoms with Crippen LogP contribution in [0.4, 0.5) is 0 Å². The molecule has 1 saturated heterocycles. The minimum atomic E-state index is 0. The summed E-state index contributed by atoms with van der Waals surface area (Å²) in [4.78, 5) is 6.88. The number of nitrogens with zero attached hydrogens (tertiary/aromatic N) is 3. The standard InChI is InChI=1S/C23H33N3O.2ClH/c1-2-12-26-14-4-3-9-23(26)10-8-20-17-22(7-6-21(20)18-23)27-16-5-13-25-15-11-24-19-25;;/h6-7,11,15,17,19H,2-5,8-10,12-14,16,18H2,1H3;2*1H. The van der Waals surface area contributed by atoms with Crippen LogP contribution in [-0.4, -0.2) is 39.7 Å². The highest BCUT2D eigenvalue weighted by atomic mass is 35.5. The predicted octanol–water partition coefficient (Wildman–Crippen LogP) is 5.32. The summed E-state index contributed by atoms with van der Waals surface area (Å²) < 4.78 is 8.12. The zero-order valence-electron chi connectivity index (χ0n) is 17.5. The Hall–Kier alpha value is -1.23. The van der Waals surface area contributed by atoms with E-state index in [1.165, 1.54) is 63.6 Å². The topological polar surface area (TPSA) is 30.3 Å². The number of benzene rings is 1. The van der Waals surface area contributed by atoms with E-state index >= 15 is 0 Å². The first kappa shape index (κ1) is 24.0. The van der Waals surface area contributed by atoms with Crippen molar-refractivity contribution in [1.29, 1.82) is 0 Å². The van der Waals surface area contributed by atoms with Crippen LogP contribution < -0.4 is 4.74 Å². The van der Waals surface area contributed by atoms with Crippen LogP contribution in [0.2, 0.25) is 0 Å². The van der Waals surface area contributed by atoms with Crippen molar-refractivity contribution >= 4 is 24.8 Å². The van der Waals surface area contributed by atoms with Gasteiger partial charge in [0, 0.05) is 24.5 Å². The Labute approximate surface area is 187 Å². The molecule has 4 rings (SSSR count). The van der Waals surface area contributed by atoms with Gasteiger partial charge in [0.05, 0.1) is 12.9 Å². The molecule has 29 heavy (non-hydrogen) atoms. The minimum absolute atomic E-state index is 0. The van der Waals surface area contributed by atoms with Crippen molar-refractivity contribution < 1.29 is 4.74 Å². The molecule has 2 heterocycles. The van der Waals surface area contributed by atoms with E-state index < -0.39 is 0 Å². The fourth-order valence-corrected chi connectivity index (χ4v) is 5.02. The quantitative estimate of drug-likeness (QED) is 0.546. The first-order valence-corrected chi connectivity index (χ1v) is 10.7. The maximum absolute atomic E-state index is 6.02. The second-order valence-electron chi connectivity index (χ2n) is 8.28. The Morgan fingerprint density at radius 1 is 1.10 bits per heavy atom. The monoisotopic (exact) mass is 439 g/mol. The molecule has 0 N–H and O–H groups in total. The molecule has 0 radical (unpaired) electrons. The van der Waals surface area contributed by atoms with Crippen LogP contribution >= 0.6 is 24.8 Å². The zero-order chi connectivity index (χ0) is 18.5. The predicted molar refractivity (Wildman–Crippen MR) is 124 cm³/mol. The van der Waals surface area contributed by atoms with Gasteiger partial charge in [0.25, 0.3) is 0 Å². The average Bonchev–Trinajstić information content (AvgIpc) is 3.21. The first-order valence-electron chi connectivity index (χ1n) is 10.7. The molecule has 1 aliphatic carbocycles. The molecule has 0 saturated carbocycles. The van der Waals surface area contributed by atoms with Crippen molar-refractivity contribution in [2.24, 2.45) is 0 Å². The molecule has 162 valence electrons. The van der Waals surface area contributed by atoms with Crippen LogP contribution in [0.25, 0.3) is 0 Å². The summed E-state index contributed by atoms with van der Waals surface area (Å²) in [7, 11) is 0. The van der Waals surface area contributed by atoms with E-state index in [1.54, 1.807) is 5.56 Å². The molecule has 1 spiro atoms. The molecule has 0 amide bonds. The number of fused-ring (bicyclic) bond motifs is 1. The van der Waals surface area contributed by atoms with E-state index in [4.69, 9.17) is 4.74 Å². The molecule has 1 aromatic heterocycles. The highest BCUT2D eigenvalue weighted by Gasteiger charge is 2.40. The van der Waals surface area contributed by atoms with Gasteiger partial charge in [-0.1, -0.05) is 19.4 Å². The van der Waals surface area contributed by atoms with Gasteiger partial charge in [-0.3, -0.25) is 4.90 Å². The van der Waals surface area contributed by atoms with Gasteiger partial charge in [0.15, 0.2) is 0 Å².